The number of hydrogen-bond acceptors (Lipinski definition) is 7. The molecule has 0 saturated carbocycles. The van der Waals surface area contributed by atoms with Crippen LogP contribution in [0.2, 0.25) is 0 Å². The summed E-state index contributed by atoms with van der Waals surface area (Å²) in [5, 5.41) is 4.57. The topological polar surface area (TPSA) is 120 Å². The highest BCUT2D eigenvalue weighted by Gasteiger charge is 2.52. The number of morpholine rings is 1. The molecule has 2 aromatic rings. The Morgan fingerprint density at radius 1 is 1.26 bits per heavy atom. The Kier molecular flexibility index (Phi) is 6.74. The fraction of sp³-hybridized carbons (Fsp3) is 0.522. The predicted octanol–water partition coefficient (Wildman–Crippen LogP) is 4.52. The number of rotatable bonds is 5. The van der Waals surface area contributed by atoms with Gasteiger partial charge in [-0.15, -0.1) is 0 Å². The van der Waals surface area contributed by atoms with Gasteiger partial charge in [-0.2, -0.15) is 10.6 Å². The number of fused-ring (bicyclic) bond motifs is 1. The molecular weight excluding hydrogens is 461 g/mol. The first kappa shape index (κ1) is 24.6. The average molecular weight is 494 g/mol. The molecule has 0 radical (unpaired) electrons. The zero-order valence-corrected chi connectivity index (χ0v) is 20.7. The summed E-state index contributed by atoms with van der Waals surface area (Å²) in [4.78, 5) is 23.7. The van der Waals surface area contributed by atoms with Crippen molar-refractivity contribution in [3.05, 3.63) is 35.5 Å². The normalized spacial score (nSPS) is 23.8. The molecule has 2 amide bonds. The highest BCUT2D eigenvalue weighted by atomic mass is 32.3. The van der Waals surface area contributed by atoms with Crippen LogP contribution in [0.5, 0.6) is 0 Å². The van der Waals surface area contributed by atoms with E-state index < -0.39 is 33.3 Å². The van der Waals surface area contributed by atoms with Gasteiger partial charge in [0.2, 0.25) is 0 Å². The van der Waals surface area contributed by atoms with E-state index in [4.69, 9.17) is 14.7 Å². The van der Waals surface area contributed by atoms with Gasteiger partial charge in [-0.1, -0.05) is 0 Å². The van der Waals surface area contributed by atoms with Crippen LogP contribution in [-0.2, 0) is 9.48 Å². The molecule has 186 valence electrons. The summed E-state index contributed by atoms with van der Waals surface area (Å²) in [6.07, 6.45) is 0. The Labute approximate surface area is 200 Å². The summed E-state index contributed by atoms with van der Waals surface area (Å²) in [6.45, 7) is 8.61. The molecule has 2 aliphatic heterocycles. The average Bonchev–Trinajstić information content (AvgIpc) is 2.95. The minimum Gasteiger partial charge on any atom is -0.377 e. The first-order chi connectivity index (χ1) is 16.1. The monoisotopic (exact) mass is 493 g/mol. The van der Waals surface area contributed by atoms with E-state index in [1.54, 1.807) is 24.3 Å². The molecule has 1 aromatic heterocycles. The first-order valence-corrected chi connectivity index (χ1v) is 12.9. The minimum absolute atomic E-state index is 0.0526. The number of alkyl halides is 1. The minimum atomic E-state index is -3.01. The number of carbonyl (C=O) groups is 1. The summed E-state index contributed by atoms with van der Waals surface area (Å²) in [5.41, 5.74) is 2.70. The standard InChI is InChI=1S/C23H32FN5O4S/c1-14-13-33-12-11-29(14)21-18-15(2)34(31,32)23(3,4)19(18)27-20(28-21)16-5-7-17(8-6-16)26-22(30)25-10-9-24/h5-8,14-15,31-32H,9-13H2,1-4H3,(H2,25,26,30). The quantitative estimate of drug-likeness (QED) is 0.483. The van der Waals surface area contributed by atoms with E-state index in [0.29, 0.717) is 42.8 Å². The second kappa shape index (κ2) is 9.29. The van der Waals surface area contributed by atoms with Crippen LogP contribution in [0.15, 0.2) is 24.3 Å². The third-order valence-corrected chi connectivity index (χ3v) is 9.48. The molecule has 11 heteroatoms. The fourth-order valence-electron chi connectivity index (χ4n) is 4.47. The van der Waals surface area contributed by atoms with Gasteiger partial charge in [0.1, 0.15) is 12.5 Å². The summed E-state index contributed by atoms with van der Waals surface area (Å²) >= 11 is 0. The number of nitrogens with one attached hydrogen (secondary N) is 2. The summed E-state index contributed by atoms with van der Waals surface area (Å²) in [6, 6.07) is 6.63. The van der Waals surface area contributed by atoms with Gasteiger partial charge >= 0.3 is 6.03 Å². The summed E-state index contributed by atoms with van der Waals surface area (Å²) in [5.74, 6) is 1.18. The largest absolute Gasteiger partial charge is 0.377 e. The molecule has 4 N–H and O–H groups in total. The number of halogens is 1. The maximum Gasteiger partial charge on any atom is 0.319 e. The summed E-state index contributed by atoms with van der Waals surface area (Å²) in [7, 11) is -3.01. The van der Waals surface area contributed by atoms with E-state index in [-0.39, 0.29) is 12.6 Å². The maximum atomic E-state index is 12.2. The zero-order valence-electron chi connectivity index (χ0n) is 19.8. The van der Waals surface area contributed by atoms with Crippen LogP contribution in [0.1, 0.15) is 44.2 Å². The highest BCUT2D eigenvalue weighted by Crippen LogP contribution is 2.73. The van der Waals surface area contributed by atoms with E-state index in [2.05, 4.69) is 22.5 Å². The van der Waals surface area contributed by atoms with E-state index in [0.717, 1.165) is 11.1 Å². The molecule has 1 aromatic carbocycles. The first-order valence-electron chi connectivity index (χ1n) is 11.3. The van der Waals surface area contributed by atoms with Gasteiger partial charge < -0.3 is 20.3 Å². The lowest BCUT2D eigenvalue weighted by Crippen LogP contribution is -2.44. The smallest absolute Gasteiger partial charge is 0.319 e. The van der Waals surface area contributed by atoms with Crippen LogP contribution >= 0.6 is 10.6 Å². The van der Waals surface area contributed by atoms with Crippen molar-refractivity contribution in [3.8, 4) is 11.4 Å². The number of benzene rings is 1. The highest BCUT2D eigenvalue weighted by molar-refractivity contribution is 8.25. The number of hydrogen-bond donors (Lipinski definition) is 4. The molecule has 0 bridgehead atoms. The third-order valence-electron chi connectivity index (χ3n) is 6.57. The number of aromatic nitrogens is 2. The van der Waals surface area contributed by atoms with Crippen molar-refractivity contribution < 1.29 is 23.0 Å². The number of anilines is 2. The molecule has 3 heterocycles. The lowest BCUT2D eigenvalue weighted by atomic mass is 10.0. The van der Waals surface area contributed by atoms with Crippen LogP contribution in [-0.4, -0.2) is 64.1 Å². The number of ether oxygens (including phenoxy) is 1. The van der Waals surface area contributed by atoms with Crippen LogP contribution in [0.4, 0.5) is 20.7 Å². The predicted molar refractivity (Wildman–Crippen MR) is 132 cm³/mol. The van der Waals surface area contributed by atoms with Gasteiger partial charge in [0.25, 0.3) is 0 Å². The van der Waals surface area contributed by atoms with Crippen molar-refractivity contribution in [2.24, 2.45) is 0 Å². The van der Waals surface area contributed by atoms with Gasteiger partial charge in [-0.3, -0.25) is 9.11 Å². The Hall–Kier alpha value is -2.47. The summed E-state index contributed by atoms with van der Waals surface area (Å²) < 4.78 is 39.1. The van der Waals surface area contributed by atoms with Crippen molar-refractivity contribution in [3.63, 3.8) is 0 Å². The van der Waals surface area contributed by atoms with Crippen LogP contribution in [0, 0.1) is 0 Å². The van der Waals surface area contributed by atoms with Crippen LogP contribution in [0.25, 0.3) is 11.4 Å². The number of carbonyl (C=O) groups excluding carboxylic acids is 1. The maximum absolute atomic E-state index is 12.2. The lowest BCUT2D eigenvalue weighted by molar-refractivity contribution is 0.0984. The Bertz CT molecular complexity index is 1070. The van der Waals surface area contributed by atoms with Gasteiger partial charge in [0, 0.05) is 29.9 Å². The van der Waals surface area contributed by atoms with Crippen molar-refractivity contribution in [1.82, 2.24) is 15.3 Å². The number of urea groups is 1. The molecule has 9 nitrogen and oxygen atoms in total. The Morgan fingerprint density at radius 2 is 1.97 bits per heavy atom. The molecule has 2 atom stereocenters. The van der Waals surface area contributed by atoms with Crippen molar-refractivity contribution in [2.75, 3.05) is 43.2 Å². The lowest BCUT2D eigenvalue weighted by Gasteiger charge is -2.43. The number of amides is 2. The molecular formula is C23H32FN5O4S. The van der Waals surface area contributed by atoms with E-state index in [1.807, 2.05) is 20.8 Å². The molecule has 2 unspecified atom stereocenters. The van der Waals surface area contributed by atoms with Crippen LogP contribution < -0.4 is 15.5 Å². The molecule has 0 aliphatic carbocycles. The third kappa shape index (κ3) is 4.21. The van der Waals surface area contributed by atoms with E-state index >= 15 is 0 Å². The zero-order chi connectivity index (χ0) is 24.7. The van der Waals surface area contributed by atoms with Crippen molar-refractivity contribution >= 4 is 28.1 Å². The van der Waals surface area contributed by atoms with Gasteiger partial charge in [-0.05, 0) is 52.0 Å². The van der Waals surface area contributed by atoms with Crippen molar-refractivity contribution in [1.29, 1.82) is 0 Å². The molecule has 1 fully saturated rings. The molecule has 0 spiro atoms. The Morgan fingerprint density at radius 3 is 2.62 bits per heavy atom. The fourth-order valence-corrected chi connectivity index (χ4v) is 6.34. The van der Waals surface area contributed by atoms with E-state index in [9.17, 15) is 18.3 Å². The van der Waals surface area contributed by atoms with Gasteiger partial charge in [0.15, 0.2) is 5.82 Å². The van der Waals surface area contributed by atoms with Gasteiger partial charge in [0.05, 0.1) is 34.9 Å². The van der Waals surface area contributed by atoms with Crippen LogP contribution in [0.3, 0.4) is 0 Å². The SMILES string of the molecule is CC1COCCN1c1nc(-c2ccc(NC(=O)NCCF)cc2)nc2c1C(C)S(O)(O)C2(C)C. The second-order valence-electron chi connectivity index (χ2n) is 9.14. The van der Waals surface area contributed by atoms with Crippen molar-refractivity contribution in [2.45, 2.75) is 43.7 Å². The Balaban J connectivity index is 1.75. The molecule has 34 heavy (non-hydrogen) atoms. The molecule has 4 rings (SSSR count). The second-order valence-corrected chi connectivity index (χ2v) is 12.1. The molecule has 2 aliphatic rings. The van der Waals surface area contributed by atoms with Gasteiger partial charge in [-0.25, -0.2) is 19.2 Å². The molecule has 1 saturated heterocycles. The number of nitrogens with zero attached hydrogens (tertiary/aromatic N) is 3. The van der Waals surface area contributed by atoms with E-state index in [1.165, 1.54) is 0 Å².